The molecule has 0 aromatic heterocycles. The summed E-state index contributed by atoms with van der Waals surface area (Å²) in [5.41, 5.74) is 1.28. The Morgan fingerprint density at radius 3 is 2.45 bits per heavy atom. The third-order valence-electron chi connectivity index (χ3n) is 5.65. The lowest BCUT2D eigenvalue weighted by Gasteiger charge is -2.20. The van der Waals surface area contributed by atoms with Gasteiger partial charge in [-0.15, -0.1) is 0 Å². The van der Waals surface area contributed by atoms with Crippen LogP contribution in [-0.2, 0) is 26.2 Å². The van der Waals surface area contributed by atoms with E-state index in [9.17, 15) is 18.0 Å². The molecule has 178 valence electrons. The van der Waals surface area contributed by atoms with Gasteiger partial charge in [0.25, 0.3) is 0 Å². The Balaban J connectivity index is 1.78. The van der Waals surface area contributed by atoms with Gasteiger partial charge in [-0.1, -0.05) is 44.2 Å². The number of hydrogen-bond donors (Lipinski definition) is 1. The molecule has 33 heavy (non-hydrogen) atoms. The predicted octanol–water partition coefficient (Wildman–Crippen LogP) is 3.10. The van der Waals surface area contributed by atoms with Crippen LogP contribution in [0.4, 0.5) is 5.69 Å². The summed E-state index contributed by atoms with van der Waals surface area (Å²) in [5, 5.41) is 2.80. The Labute approximate surface area is 195 Å². The number of amides is 2. The summed E-state index contributed by atoms with van der Waals surface area (Å²) < 4.78 is 32.8. The van der Waals surface area contributed by atoms with Crippen LogP contribution in [-0.4, -0.2) is 55.7 Å². The second-order valence-electron chi connectivity index (χ2n) is 7.83. The molecule has 1 fully saturated rings. The van der Waals surface area contributed by atoms with Gasteiger partial charge in [-0.25, -0.2) is 8.42 Å². The molecule has 0 saturated carbocycles. The molecule has 0 radical (unpaired) electrons. The highest BCUT2D eigenvalue weighted by molar-refractivity contribution is 7.89. The molecule has 2 amide bonds. The fourth-order valence-electron chi connectivity index (χ4n) is 3.90. The Bertz CT molecular complexity index is 1080. The third-order valence-corrected chi connectivity index (χ3v) is 7.70. The molecule has 1 aliphatic rings. The fourth-order valence-corrected chi connectivity index (χ4v) is 5.39. The van der Waals surface area contributed by atoms with Gasteiger partial charge in [0.2, 0.25) is 21.8 Å². The van der Waals surface area contributed by atoms with E-state index in [0.717, 1.165) is 5.56 Å². The van der Waals surface area contributed by atoms with E-state index < -0.39 is 15.9 Å². The van der Waals surface area contributed by atoms with Crippen LogP contribution < -0.4 is 10.1 Å². The molecule has 1 unspecified atom stereocenters. The average molecular weight is 474 g/mol. The summed E-state index contributed by atoms with van der Waals surface area (Å²) >= 11 is 0. The highest BCUT2D eigenvalue weighted by Gasteiger charge is 2.35. The number of nitrogens with zero attached hydrogens (tertiary/aromatic N) is 2. The van der Waals surface area contributed by atoms with Crippen molar-refractivity contribution in [2.24, 2.45) is 5.92 Å². The summed E-state index contributed by atoms with van der Waals surface area (Å²) in [5.74, 6) is -0.562. The molecule has 2 aromatic rings. The molecular formula is C24H31N3O5S. The van der Waals surface area contributed by atoms with E-state index in [1.165, 1.54) is 16.4 Å². The minimum Gasteiger partial charge on any atom is -0.492 e. The zero-order chi connectivity index (χ0) is 24.0. The van der Waals surface area contributed by atoms with E-state index in [-0.39, 0.29) is 28.8 Å². The van der Waals surface area contributed by atoms with Gasteiger partial charge in [0.05, 0.1) is 23.1 Å². The maximum atomic E-state index is 13.0. The van der Waals surface area contributed by atoms with Gasteiger partial charge in [-0.05, 0) is 30.7 Å². The van der Waals surface area contributed by atoms with Crippen molar-refractivity contribution in [3.8, 4) is 5.75 Å². The molecule has 8 nitrogen and oxygen atoms in total. The number of carbonyl (C=O) groups is 2. The molecular weight excluding hydrogens is 442 g/mol. The Morgan fingerprint density at radius 1 is 1.12 bits per heavy atom. The van der Waals surface area contributed by atoms with Gasteiger partial charge in [0, 0.05) is 32.6 Å². The van der Waals surface area contributed by atoms with E-state index in [1.807, 2.05) is 37.3 Å². The molecule has 1 heterocycles. The lowest BCUT2D eigenvalue weighted by Crippen LogP contribution is -2.31. The largest absolute Gasteiger partial charge is 0.492 e. The van der Waals surface area contributed by atoms with E-state index >= 15 is 0 Å². The molecule has 0 spiro atoms. The fraction of sp³-hybridized carbons (Fsp3) is 0.417. The summed E-state index contributed by atoms with van der Waals surface area (Å²) in [6.45, 7) is 7.16. The zero-order valence-corrected chi connectivity index (χ0v) is 20.1. The van der Waals surface area contributed by atoms with Gasteiger partial charge in [0.1, 0.15) is 5.75 Å². The molecule has 1 aliphatic heterocycles. The van der Waals surface area contributed by atoms with Crippen molar-refractivity contribution < 1.29 is 22.7 Å². The van der Waals surface area contributed by atoms with Gasteiger partial charge in [0.15, 0.2) is 0 Å². The molecule has 2 aromatic carbocycles. The van der Waals surface area contributed by atoms with E-state index in [2.05, 4.69) is 5.32 Å². The smallest absolute Gasteiger partial charge is 0.243 e. The van der Waals surface area contributed by atoms with Crippen molar-refractivity contribution in [1.29, 1.82) is 0 Å². The standard InChI is InChI=1S/C24H31N3O5S/c1-4-27(5-2)33(30,31)20-12-13-22(32-6-3)21(15-20)25-24(29)19-14-23(28)26(17-19)16-18-10-8-7-9-11-18/h7-13,15,19H,4-6,14,16-17H2,1-3H3,(H,25,29). The molecule has 1 atom stereocenters. The van der Waals surface area contributed by atoms with Crippen molar-refractivity contribution in [1.82, 2.24) is 9.21 Å². The summed E-state index contributed by atoms with van der Waals surface area (Å²) in [6, 6.07) is 14.1. The normalized spacial score (nSPS) is 16.3. The number of sulfonamides is 1. The summed E-state index contributed by atoms with van der Waals surface area (Å²) in [6.07, 6.45) is 0.111. The number of ether oxygens (including phenoxy) is 1. The van der Waals surface area contributed by atoms with E-state index in [1.54, 1.807) is 24.8 Å². The van der Waals surface area contributed by atoms with Crippen molar-refractivity contribution in [3.63, 3.8) is 0 Å². The number of rotatable bonds is 10. The number of anilines is 1. The first-order valence-corrected chi connectivity index (χ1v) is 12.6. The zero-order valence-electron chi connectivity index (χ0n) is 19.3. The second-order valence-corrected chi connectivity index (χ2v) is 9.77. The molecule has 0 bridgehead atoms. The van der Waals surface area contributed by atoms with Crippen LogP contribution >= 0.6 is 0 Å². The predicted molar refractivity (Wildman–Crippen MR) is 126 cm³/mol. The minimum atomic E-state index is -3.70. The number of carbonyl (C=O) groups excluding carboxylic acids is 2. The number of likely N-dealkylation sites (tertiary alicyclic amines) is 1. The summed E-state index contributed by atoms with van der Waals surface area (Å²) in [7, 11) is -3.70. The molecule has 9 heteroatoms. The number of nitrogens with one attached hydrogen (secondary N) is 1. The van der Waals surface area contributed by atoms with Crippen LogP contribution in [0.1, 0.15) is 32.8 Å². The van der Waals surface area contributed by atoms with Crippen LogP contribution in [0.15, 0.2) is 53.4 Å². The first-order valence-electron chi connectivity index (χ1n) is 11.2. The molecule has 1 N–H and O–H groups in total. The minimum absolute atomic E-state index is 0.0816. The third kappa shape index (κ3) is 5.72. The lowest BCUT2D eigenvalue weighted by molar-refractivity contribution is -0.128. The molecule has 3 rings (SSSR count). The van der Waals surface area contributed by atoms with E-state index in [0.29, 0.717) is 38.5 Å². The quantitative estimate of drug-likeness (QED) is 0.572. The van der Waals surface area contributed by atoms with E-state index in [4.69, 9.17) is 4.74 Å². The van der Waals surface area contributed by atoms with Gasteiger partial charge in [-0.3, -0.25) is 9.59 Å². The first kappa shape index (κ1) is 24.7. The van der Waals surface area contributed by atoms with Crippen molar-refractivity contribution in [3.05, 3.63) is 54.1 Å². The number of hydrogen-bond acceptors (Lipinski definition) is 5. The lowest BCUT2D eigenvalue weighted by atomic mass is 10.1. The van der Waals surface area contributed by atoms with Crippen LogP contribution in [0.25, 0.3) is 0 Å². The topological polar surface area (TPSA) is 96.0 Å². The van der Waals surface area contributed by atoms with Crippen LogP contribution in [0.2, 0.25) is 0 Å². The Kier molecular flexibility index (Phi) is 8.10. The number of benzene rings is 2. The monoisotopic (exact) mass is 473 g/mol. The molecule has 1 saturated heterocycles. The SMILES string of the molecule is CCOc1ccc(S(=O)(=O)N(CC)CC)cc1NC(=O)C1CC(=O)N(Cc2ccccc2)C1. The highest BCUT2D eigenvalue weighted by atomic mass is 32.2. The maximum absolute atomic E-state index is 13.0. The average Bonchev–Trinajstić information content (AvgIpc) is 3.16. The Morgan fingerprint density at radius 2 is 1.82 bits per heavy atom. The first-order chi connectivity index (χ1) is 15.8. The highest BCUT2D eigenvalue weighted by Crippen LogP contribution is 2.31. The maximum Gasteiger partial charge on any atom is 0.243 e. The second kappa shape index (κ2) is 10.8. The van der Waals surface area contributed by atoms with Gasteiger partial charge >= 0.3 is 0 Å². The van der Waals surface area contributed by atoms with Crippen LogP contribution in [0.3, 0.4) is 0 Å². The van der Waals surface area contributed by atoms with Crippen LogP contribution in [0.5, 0.6) is 5.75 Å². The van der Waals surface area contributed by atoms with Crippen molar-refractivity contribution in [2.45, 2.75) is 38.6 Å². The van der Waals surface area contributed by atoms with Gasteiger partial charge in [-0.2, -0.15) is 4.31 Å². The van der Waals surface area contributed by atoms with Crippen molar-refractivity contribution >= 4 is 27.5 Å². The molecule has 0 aliphatic carbocycles. The van der Waals surface area contributed by atoms with Crippen LogP contribution in [0, 0.1) is 5.92 Å². The summed E-state index contributed by atoms with van der Waals surface area (Å²) in [4.78, 5) is 27.2. The van der Waals surface area contributed by atoms with Crippen molar-refractivity contribution in [2.75, 3.05) is 31.6 Å². The Hall–Kier alpha value is -2.91. The van der Waals surface area contributed by atoms with Gasteiger partial charge < -0.3 is 15.0 Å².